The van der Waals surface area contributed by atoms with Gasteiger partial charge < -0.3 is 9.47 Å². The van der Waals surface area contributed by atoms with Crippen molar-refractivity contribution < 1.29 is 27.4 Å². The molecule has 0 radical (unpaired) electrons. The summed E-state index contributed by atoms with van der Waals surface area (Å²) in [6.07, 6.45) is -5.31. The van der Waals surface area contributed by atoms with Crippen molar-refractivity contribution in [3.05, 3.63) is 23.9 Å². The van der Waals surface area contributed by atoms with Gasteiger partial charge in [-0.15, -0.1) is 0 Å². The van der Waals surface area contributed by atoms with E-state index < -0.39 is 18.2 Å². The summed E-state index contributed by atoms with van der Waals surface area (Å²) < 4.78 is 45.9. The Balaban J connectivity index is 2.69. The van der Waals surface area contributed by atoms with Crippen molar-refractivity contribution >= 4 is 5.97 Å². The third kappa shape index (κ3) is 3.90. The first-order valence-electron chi connectivity index (χ1n) is 5.21. The molecule has 0 aliphatic rings. The Labute approximate surface area is 102 Å². The fraction of sp³-hybridized carbons (Fsp3) is 0.455. The van der Waals surface area contributed by atoms with Gasteiger partial charge in [-0.05, 0) is 19.9 Å². The molecule has 4 nitrogen and oxygen atoms in total. The molecule has 0 aliphatic heterocycles. The minimum atomic E-state index is -4.46. The number of halogens is 3. The van der Waals surface area contributed by atoms with Crippen LogP contribution in [0.5, 0.6) is 5.88 Å². The average molecular weight is 263 g/mol. The third-order valence-corrected chi connectivity index (χ3v) is 2.01. The van der Waals surface area contributed by atoms with Crippen molar-refractivity contribution in [3.8, 4) is 5.88 Å². The lowest BCUT2D eigenvalue weighted by Crippen LogP contribution is -2.31. The molecule has 0 saturated heterocycles. The van der Waals surface area contributed by atoms with Crippen molar-refractivity contribution in [1.29, 1.82) is 0 Å². The van der Waals surface area contributed by atoms with Crippen molar-refractivity contribution in [2.24, 2.45) is 0 Å². The number of hydrogen-bond donors (Lipinski definition) is 0. The highest BCUT2D eigenvalue weighted by Crippen LogP contribution is 2.23. The van der Waals surface area contributed by atoms with Crippen LogP contribution in [0.25, 0.3) is 0 Å². The number of carbonyl (C=O) groups excluding carboxylic acids is 1. The molecule has 0 saturated carbocycles. The highest BCUT2D eigenvalue weighted by molar-refractivity contribution is 5.89. The number of alkyl halides is 3. The number of ether oxygens (including phenoxy) is 2. The Kier molecular flexibility index (Phi) is 4.52. The lowest BCUT2D eigenvalue weighted by atomic mass is 10.3. The summed E-state index contributed by atoms with van der Waals surface area (Å²) in [6.45, 7) is 2.73. The Bertz CT molecular complexity index is 403. The SMILES string of the molecule is CCOC(=O)c1ccc(OC(C)C(F)(F)F)nc1. The Morgan fingerprint density at radius 1 is 1.44 bits per heavy atom. The van der Waals surface area contributed by atoms with E-state index in [1.54, 1.807) is 6.92 Å². The number of nitrogens with zero attached hydrogens (tertiary/aromatic N) is 1. The van der Waals surface area contributed by atoms with E-state index in [1.165, 1.54) is 12.1 Å². The van der Waals surface area contributed by atoms with Crippen LogP contribution in [0.15, 0.2) is 18.3 Å². The molecule has 0 N–H and O–H groups in total. The quantitative estimate of drug-likeness (QED) is 0.783. The van der Waals surface area contributed by atoms with Gasteiger partial charge in [-0.25, -0.2) is 9.78 Å². The van der Waals surface area contributed by atoms with Gasteiger partial charge in [0.15, 0.2) is 6.10 Å². The van der Waals surface area contributed by atoms with Crippen LogP contribution in [-0.4, -0.2) is 29.8 Å². The van der Waals surface area contributed by atoms with E-state index in [1.807, 2.05) is 0 Å². The number of hydrogen-bond acceptors (Lipinski definition) is 4. The summed E-state index contributed by atoms with van der Waals surface area (Å²) in [6, 6.07) is 2.48. The van der Waals surface area contributed by atoms with E-state index in [4.69, 9.17) is 4.74 Å². The van der Waals surface area contributed by atoms with Crippen molar-refractivity contribution in [2.45, 2.75) is 26.1 Å². The lowest BCUT2D eigenvalue weighted by Gasteiger charge is -2.16. The first-order valence-corrected chi connectivity index (χ1v) is 5.21. The maximum absolute atomic E-state index is 12.2. The molecule has 18 heavy (non-hydrogen) atoms. The van der Waals surface area contributed by atoms with E-state index in [0.29, 0.717) is 0 Å². The molecule has 1 heterocycles. The first-order chi connectivity index (χ1) is 8.34. The molecule has 1 aromatic rings. The maximum Gasteiger partial charge on any atom is 0.425 e. The maximum atomic E-state index is 12.2. The lowest BCUT2D eigenvalue weighted by molar-refractivity contribution is -0.189. The number of pyridine rings is 1. The van der Waals surface area contributed by atoms with Gasteiger partial charge in [-0.3, -0.25) is 0 Å². The normalized spacial score (nSPS) is 12.9. The minimum absolute atomic E-state index is 0.156. The first kappa shape index (κ1) is 14.3. The molecular weight excluding hydrogens is 251 g/mol. The van der Waals surface area contributed by atoms with Crippen LogP contribution in [0, 0.1) is 0 Å². The van der Waals surface area contributed by atoms with E-state index in [2.05, 4.69) is 9.72 Å². The predicted octanol–water partition coefficient (Wildman–Crippen LogP) is 2.59. The van der Waals surface area contributed by atoms with Gasteiger partial charge in [0.1, 0.15) is 0 Å². The van der Waals surface area contributed by atoms with Gasteiger partial charge in [0, 0.05) is 12.3 Å². The fourth-order valence-electron chi connectivity index (χ4n) is 1.03. The molecule has 0 aromatic carbocycles. The molecule has 0 amide bonds. The zero-order valence-electron chi connectivity index (χ0n) is 9.82. The summed E-state index contributed by atoms with van der Waals surface area (Å²) >= 11 is 0. The van der Waals surface area contributed by atoms with Crippen LogP contribution in [-0.2, 0) is 4.74 Å². The number of esters is 1. The summed E-state index contributed by atoms with van der Waals surface area (Å²) in [5.74, 6) is -0.784. The van der Waals surface area contributed by atoms with Gasteiger partial charge >= 0.3 is 12.1 Å². The van der Waals surface area contributed by atoms with Crippen LogP contribution < -0.4 is 4.74 Å². The molecule has 1 unspecified atom stereocenters. The van der Waals surface area contributed by atoms with Crippen LogP contribution in [0.3, 0.4) is 0 Å². The molecule has 1 rings (SSSR count). The summed E-state index contributed by atoms with van der Waals surface area (Å²) in [5.41, 5.74) is 0.156. The fourth-order valence-corrected chi connectivity index (χ4v) is 1.03. The van der Waals surface area contributed by atoms with Crippen LogP contribution in [0.1, 0.15) is 24.2 Å². The van der Waals surface area contributed by atoms with Gasteiger partial charge in [0.05, 0.1) is 12.2 Å². The molecule has 1 aromatic heterocycles. The van der Waals surface area contributed by atoms with E-state index in [0.717, 1.165) is 13.1 Å². The van der Waals surface area contributed by atoms with Crippen LogP contribution in [0.2, 0.25) is 0 Å². The Hall–Kier alpha value is -1.79. The Morgan fingerprint density at radius 3 is 2.56 bits per heavy atom. The van der Waals surface area contributed by atoms with Crippen molar-refractivity contribution in [3.63, 3.8) is 0 Å². The van der Waals surface area contributed by atoms with E-state index in [-0.39, 0.29) is 18.1 Å². The molecule has 0 aliphatic carbocycles. The van der Waals surface area contributed by atoms with Gasteiger partial charge in [-0.2, -0.15) is 13.2 Å². The average Bonchev–Trinajstić information content (AvgIpc) is 2.29. The van der Waals surface area contributed by atoms with Crippen LogP contribution in [0.4, 0.5) is 13.2 Å². The minimum Gasteiger partial charge on any atom is -0.465 e. The molecule has 0 bridgehead atoms. The molecule has 1 atom stereocenters. The summed E-state index contributed by atoms with van der Waals surface area (Å²) in [4.78, 5) is 14.9. The standard InChI is InChI=1S/C11H12F3NO3/c1-3-17-10(16)8-4-5-9(15-6-8)18-7(2)11(12,13)14/h4-7H,3H2,1-2H3. The van der Waals surface area contributed by atoms with E-state index >= 15 is 0 Å². The van der Waals surface area contributed by atoms with E-state index in [9.17, 15) is 18.0 Å². The highest BCUT2D eigenvalue weighted by atomic mass is 19.4. The topological polar surface area (TPSA) is 48.4 Å². The zero-order valence-corrected chi connectivity index (χ0v) is 9.82. The van der Waals surface area contributed by atoms with Gasteiger partial charge in [0.25, 0.3) is 0 Å². The molecule has 0 fully saturated rings. The zero-order chi connectivity index (χ0) is 13.8. The smallest absolute Gasteiger partial charge is 0.425 e. The number of rotatable bonds is 4. The summed E-state index contributed by atoms with van der Waals surface area (Å²) in [7, 11) is 0. The number of aromatic nitrogens is 1. The molecule has 100 valence electrons. The second-order valence-electron chi connectivity index (χ2n) is 3.41. The molecular formula is C11H12F3NO3. The summed E-state index contributed by atoms with van der Waals surface area (Å²) in [5, 5.41) is 0. The third-order valence-electron chi connectivity index (χ3n) is 2.01. The highest BCUT2D eigenvalue weighted by Gasteiger charge is 2.38. The predicted molar refractivity (Wildman–Crippen MR) is 56.3 cm³/mol. The van der Waals surface area contributed by atoms with Gasteiger partial charge in [-0.1, -0.05) is 0 Å². The van der Waals surface area contributed by atoms with Crippen molar-refractivity contribution in [1.82, 2.24) is 4.98 Å². The largest absolute Gasteiger partial charge is 0.465 e. The monoisotopic (exact) mass is 263 g/mol. The van der Waals surface area contributed by atoms with Gasteiger partial charge in [0.2, 0.25) is 5.88 Å². The van der Waals surface area contributed by atoms with Crippen molar-refractivity contribution in [2.75, 3.05) is 6.61 Å². The second kappa shape index (κ2) is 5.70. The second-order valence-corrected chi connectivity index (χ2v) is 3.41. The number of carbonyl (C=O) groups is 1. The molecule has 0 spiro atoms. The Morgan fingerprint density at radius 2 is 2.11 bits per heavy atom. The van der Waals surface area contributed by atoms with Crippen LogP contribution >= 0.6 is 0 Å². The molecule has 7 heteroatoms.